The van der Waals surface area contributed by atoms with E-state index >= 15 is 0 Å². The molecule has 1 saturated heterocycles. The van der Waals surface area contributed by atoms with Crippen LogP contribution in [0.25, 0.3) is 0 Å². The first-order valence-corrected chi connectivity index (χ1v) is 6.89. The van der Waals surface area contributed by atoms with Crippen LogP contribution in [-0.4, -0.2) is 40.8 Å². The number of nitrogen functional groups attached to an aromatic ring is 1. The zero-order chi connectivity index (χ0) is 14.7. The van der Waals surface area contributed by atoms with E-state index in [1.54, 1.807) is 6.26 Å². The molecule has 3 N–H and O–H groups in total. The predicted molar refractivity (Wildman–Crippen MR) is 73.3 cm³/mol. The number of hydrogen-bond acceptors (Lipinski definition) is 7. The number of hydrogen-bond donors (Lipinski definition) is 2. The molecule has 0 bridgehead atoms. The van der Waals surface area contributed by atoms with Crippen LogP contribution in [0.1, 0.15) is 35.1 Å². The van der Waals surface area contributed by atoms with Crippen molar-refractivity contribution in [3.8, 4) is 0 Å². The summed E-state index contributed by atoms with van der Waals surface area (Å²) < 4.78 is 9.92. The highest BCUT2D eigenvalue weighted by Gasteiger charge is 2.27. The first-order chi connectivity index (χ1) is 10.3. The van der Waals surface area contributed by atoms with Gasteiger partial charge in [-0.1, -0.05) is 0 Å². The number of carbonyl (C=O) groups excluding carboxylic acids is 1. The zero-order valence-electron chi connectivity index (χ0n) is 11.5. The van der Waals surface area contributed by atoms with Crippen LogP contribution < -0.4 is 11.1 Å². The van der Waals surface area contributed by atoms with Gasteiger partial charge in [0.25, 0.3) is 5.91 Å². The van der Waals surface area contributed by atoms with Crippen molar-refractivity contribution in [1.82, 2.24) is 20.5 Å². The molecule has 0 saturated carbocycles. The van der Waals surface area contributed by atoms with Crippen LogP contribution in [-0.2, 0) is 0 Å². The Kier molecular flexibility index (Phi) is 3.87. The molecule has 0 radical (unpaired) electrons. The zero-order valence-corrected chi connectivity index (χ0v) is 11.5. The molecule has 1 amide bonds. The fraction of sp³-hybridized carbons (Fsp3) is 0.462. The monoisotopic (exact) mass is 291 g/mol. The van der Waals surface area contributed by atoms with E-state index in [1.807, 2.05) is 12.1 Å². The van der Waals surface area contributed by atoms with Gasteiger partial charge in [-0.25, -0.2) is 4.63 Å². The smallest absolute Gasteiger partial charge is 0.277 e. The van der Waals surface area contributed by atoms with Crippen LogP contribution >= 0.6 is 0 Å². The maximum Gasteiger partial charge on any atom is 0.277 e. The molecule has 8 nitrogen and oxygen atoms in total. The number of anilines is 1. The second-order valence-electron chi connectivity index (χ2n) is 4.98. The Morgan fingerprint density at radius 3 is 2.86 bits per heavy atom. The van der Waals surface area contributed by atoms with Crippen LogP contribution in [0.4, 0.5) is 5.82 Å². The number of amides is 1. The van der Waals surface area contributed by atoms with Crippen LogP contribution in [0.15, 0.2) is 27.4 Å². The molecular formula is C13H17N5O3. The Bertz CT molecular complexity index is 589. The molecular weight excluding hydrogens is 274 g/mol. The third-order valence-electron chi connectivity index (χ3n) is 3.64. The van der Waals surface area contributed by atoms with Crippen LogP contribution in [0.3, 0.4) is 0 Å². The maximum atomic E-state index is 12.0. The van der Waals surface area contributed by atoms with E-state index in [-0.39, 0.29) is 17.6 Å². The van der Waals surface area contributed by atoms with Gasteiger partial charge in [-0.2, -0.15) is 0 Å². The van der Waals surface area contributed by atoms with Crippen molar-refractivity contribution in [2.45, 2.75) is 18.9 Å². The Morgan fingerprint density at radius 1 is 1.43 bits per heavy atom. The minimum absolute atomic E-state index is 0.00698. The average molecular weight is 291 g/mol. The Hall–Kier alpha value is -2.35. The molecule has 2 aromatic heterocycles. The lowest BCUT2D eigenvalue weighted by atomic mass is 10.2. The molecule has 21 heavy (non-hydrogen) atoms. The van der Waals surface area contributed by atoms with E-state index in [2.05, 4.69) is 25.2 Å². The summed E-state index contributed by atoms with van der Waals surface area (Å²) in [6, 6.07) is 3.77. The topological polar surface area (TPSA) is 110 Å². The number of furan rings is 1. The van der Waals surface area contributed by atoms with Gasteiger partial charge >= 0.3 is 0 Å². The second kappa shape index (κ2) is 5.96. The van der Waals surface area contributed by atoms with Crippen LogP contribution in [0, 0.1) is 0 Å². The van der Waals surface area contributed by atoms with Gasteiger partial charge in [0.15, 0.2) is 0 Å². The summed E-state index contributed by atoms with van der Waals surface area (Å²) in [6.45, 7) is 2.41. The number of carbonyl (C=O) groups is 1. The molecule has 0 aliphatic carbocycles. The summed E-state index contributed by atoms with van der Waals surface area (Å²) in [4.78, 5) is 14.3. The molecule has 112 valence electrons. The van der Waals surface area contributed by atoms with Gasteiger partial charge in [-0.15, -0.1) is 0 Å². The molecule has 1 fully saturated rings. The third kappa shape index (κ3) is 2.89. The van der Waals surface area contributed by atoms with Gasteiger partial charge in [-0.05, 0) is 48.4 Å². The Labute approximate surface area is 121 Å². The summed E-state index contributed by atoms with van der Waals surface area (Å²) in [5.41, 5.74) is 5.52. The maximum absolute atomic E-state index is 12.0. The van der Waals surface area contributed by atoms with Gasteiger partial charge in [0.1, 0.15) is 5.76 Å². The number of nitrogens with zero attached hydrogens (tertiary/aromatic N) is 3. The lowest BCUT2D eigenvalue weighted by Gasteiger charge is -2.25. The minimum atomic E-state index is -0.399. The van der Waals surface area contributed by atoms with Crippen LogP contribution in [0.5, 0.6) is 0 Å². The van der Waals surface area contributed by atoms with E-state index < -0.39 is 5.91 Å². The van der Waals surface area contributed by atoms with Crippen molar-refractivity contribution in [3.05, 3.63) is 29.9 Å². The first-order valence-electron chi connectivity index (χ1n) is 6.89. The number of nitrogens with two attached hydrogens (primary N) is 1. The molecule has 1 aliphatic heterocycles. The van der Waals surface area contributed by atoms with Crippen molar-refractivity contribution in [2.75, 3.05) is 25.4 Å². The highest BCUT2D eigenvalue weighted by Crippen LogP contribution is 2.25. The average Bonchev–Trinajstić information content (AvgIpc) is 3.21. The van der Waals surface area contributed by atoms with Gasteiger partial charge < -0.3 is 15.5 Å². The summed E-state index contributed by atoms with van der Waals surface area (Å²) in [5, 5.41) is 9.70. The predicted octanol–water partition coefficient (Wildman–Crippen LogP) is 0.812. The number of likely N-dealkylation sites (tertiary alicyclic amines) is 1. The number of aromatic nitrogens is 2. The summed E-state index contributed by atoms with van der Waals surface area (Å²) in [5.74, 6) is 0.427. The quantitative estimate of drug-likeness (QED) is 0.838. The molecule has 1 unspecified atom stereocenters. The molecule has 8 heteroatoms. The van der Waals surface area contributed by atoms with Gasteiger partial charge in [0.2, 0.25) is 11.5 Å². The molecule has 3 heterocycles. The van der Waals surface area contributed by atoms with E-state index in [4.69, 9.17) is 10.2 Å². The standard InChI is InChI=1S/C13H17N5O3/c14-12-11(16-21-17-12)13(19)15-8-9(10-4-3-7-20-10)18-5-1-2-6-18/h3-4,7,9H,1-2,5-6,8H2,(H2,14,17)(H,15,19). The van der Waals surface area contributed by atoms with Crippen molar-refractivity contribution in [1.29, 1.82) is 0 Å². The highest BCUT2D eigenvalue weighted by atomic mass is 16.6. The molecule has 1 atom stereocenters. The lowest BCUT2D eigenvalue weighted by molar-refractivity contribution is 0.0924. The number of rotatable bonds is 5. The molecule has 2 aromatic rings. The SMILES string of the molecule is Nc1nonc1C(=O)NCC(c1ccco1)N1CCCC1. The summed E-state index contributed by atoms with van der Waals surface area (Å²) in [6.07, 6.45) is 3.95. The Balaban J connectivity index is 1.67. The van der Waals surface area contributed by atoms with Crippen LogP contribution in [0.2, 0.25) is 0 Å². The van der Waals surface area contributed by atoms with Crippen molar-refractivity contribution < 1.29 is 13.8 Å². The van der Waals surface area contributed by atoms with Gasteiger partial charge in [0.05, 0.1) is 12.3 Å². The summed E-state index contributed by atoms with van der Waals surface area (Å²) in [7, 11) is 0. The number of nitrogens with one attached hydrogen (secondary N) is 1. The largest absolute Gasteiger partial charge is 0.468 e. The fourth-order valence-electron chi connectivity index (χ4n) is 2.57. The third-order valence-corrected chi connectivity index (χ3v) is 3.64. The van der Waals surface area contributed by atoms with Gasteiger partial charge in [0, 0.05) is 6.54 Å². The fourth-order valence-corrected chi connectivity index (χ4v) is 2.57. The lowest BCUT2D eigenvalue weighted by Crippen LogP contribution is -2.37. The first kappa shape index (κ1) is 13.6. The second-order valence-corrected chi connectivity index (χ2v) is 4.98. The molecule has 0 spiro atoms. The normalized spacial score (nSPS) is 17.0. The van der Waals surface area contributed by atoms with Crippen molar-refractivity contribution >= 4 is 11.7 Å². The molecule has 0 aromatic carbocycles. The van der Waals surface area contributed by atoms with E-state index in [9.17, 15) is 4.79 Å². The molecule has 1 aliphatic rings. The van der Waals surface area contributed by atoms with Crippen molar-refractivity contribution in [2.24, 2.45) is 0 Å². The van der Waals surface area contributed by atoms with Gasteiger partial charge in [-0.3, -0.25) is 9.69 Å². The van der Waals surface area contributed by atoms with E-state index in [1.165, 1.54) is 0 Å². The highest BCUT2D eigenvalue weighted by molar-refractivity contribution is 5.95. The van der Waals surface area contributed by atoms with E-state index in [0.29, 0.717) is 6.54 Å². The minimum Gasteiger partial charge on any atom is -0.468 e. The Morgan fingerprint density at radius 2 is 2.24 bits per heavy atom. The molecule has 3 rings (SSSR count). The van der Waals surface area contributed by atoms with E-state index in [0.717, 1.165) is 31.7 Å². The van der Waals surface area contributed by atoms with Crippen molar-refractivity contribution in [3.63, 3.8) is 0 Å². The summed E-state index contributed by atoms with van der Waals surface area (Å²) >= 11 is 0.